The Morgan fingerprint density at radius 1 is 1.04 bits per heavy atom. The maximum atomic E-state index is 13.4. The van der Waals surface area contributed by atoms with E-state index in [-0.39, 0.29) is 20.9 Å². The molecule has 0 aliphatic carbocycles. The molecule has 8 heteroatoms. The maximum Gasteiger partial charge on any atom is 0.266 e. The van der Waals surface area contributed by atoms with Crippen LogP contribution in [0, 0.1) is 0 Å². The molecule has 2 aromatic rings. The van der Waals surface area contributed by atoms with E-state index in [0.29, 0.717) is 5.69 Å². The van der Waals surface area contributed by atoms with E-state index in [1.165, 1.54) is 25.1 Å². The summed E-state index contributed by atoms with van der Waals surface area (Å²) in [6.45, 7) is 5.30. The average Bonchev–Trinajstić information content (AvgIpc) is 2.57. The lowest BCUT2D eigenvalue weighted by molar-refractivity contribution is -0.112. The molecule has 0 heterocycles. The van der Waals surface area contributed by atoms with E-state index < -0.39 is 21.3 Å². The number of anilines is 1. The normalized spacial score (nSPS) is 12.9. The number of hydrogen-bond donors (Lipinski definition) is 0. The number of carbonyl (C=O) groups is 1. The summed E-state index contributed by atoms with van der Waals surface area (Å²) in [5.74, 6) is 0.0244. The first-order valence-corrected chi connectivity index (χ1v) is 10.4. The minimum atomic E-state index is -4.20. The predicted molar refractivity (Wildman–Crippen MR) is 107 cm³/mol. The van der Waals surface area contributed by atoms with Crippen LogP contribution in [0.4, 0.5) is 5.69 Å². The summed E-state index contributed by atoms with van der Waals surface area (Å²) in [4.78, 5) is 11.7. The monoisotopic (exact) mass is 433 g/mol. The first-order valence-electron chi connectivity index (χ1n) is 7.85. The molecule has 2 rings (SSSR count). The molecule has 0 aromatic heterocycles. The second kappa shape index (κ2) is 8.17. The van der Waals surface area contributed by atoms with E-state index in [9.17, 15) is 13.2 Å². The predicted octanol–water partition coefficient (Wildman–Crippen LogP) is 5.47. The lowest BCUT2D eigenvalue weighted by Crippen LogP contribution is -2.42. The highest BCUT2D eigenvalue weighted by Gasteiger charge is 2.35. The Bertz CT molecular complexity index is 929. The van der Waals surface area contributed by atoms with Crippen molar-refractivity contribution in [3.8, 4) is 0 Å². The standard InChI is InChI=1S/C18H18Cl3NO3S/c1-11(2)14-6-4-5-7-16(14)22(12(3)18(21)23)26(24,25)17-10-13(19)8-9-15(17)20/h4-12H,1-3H3. The number of sulfonamides is 1. The second-order valence-electron chi connectivity index (χ2n) is 6.07. The average molecular weight is 435 g/mol. The van der Waals surface area contributed by atoms with E-state index in [4.69, 9.17) is 34.8 Å². The summed E-state index contributed by atoms with van der Waals surface area (Å²) in [7, 11) is -4.20. The van der Waals surface area contributed by atoms with Crippen LogP contribution in [0.25, 0.3) is 0 Å². The molecule has 140 valence electrons. The molecule has 0 aliphatic rings. The van der Waals surface area contributed by atoms with Gasteiger partial charge < -0.3 is 0 Å². The zero-order valence-electron chi connectivity index (χ0n) is 14.4. The summed E-state index contributed by atoms with van der Waals surface area (Å²) in [5.41, 5.74) is 1.14. The molecule has 0 fully saturated rings. The molecule has 0 radical (unpaired) electrons. The highest BCUT2D eigenvalue weighted by molar-refractivity contribution is 7.93. The van der Waals surface area contributed by atoms with Crippen molar-refractivity contribution in [1.29, 1.82) is 0 Å². The maximum absolute atomic E-state index is 13.4. The first-order chi connectivity index (χ1) is 12.1. The van der Waals surface area contributed by atoms with Crippen LogP contribution in [0.2, 0.25) is 10.0 Å². The van der Waals surface area contributed by atoms with Crippen LogP contribution in [-0.2, 0) is 14.8 Å². The number of hydrogen-bond acceptors (Lipinski definition) is 3. The molecular formula is C18H18Cl3NO3S. The summed E-state index contributed by atoms with van der Waals surface area (Å²) < 4.78 is 27.8. The largest absolute Gasteiger partial charge is 0.279 e. The minimum Gasteiger partial charge on any atom is -0.279 e. The van der Waals surface area contributed by atoms with Crippen molar-refractivity contribution in [2.24, 2.45) is 0 Å². The van der Waals surface area contributed by atoms with Gasteiger partial charge in [-0.1, -0.05) is 55.2 Å². The third kappa shape index (κ3) is 4.17. The van der Waals surface area contributed by atoms with E-state index in [2.05, 4.69) is 0 Å². The molecule has 0 saturated heterocycles. The van der Waals surface area contributed by atoms with Crippen molar-refractivity contribution in [2.45, 2.75) is 37.6 Å². The minimum absolute atomic E-state index is 0.00986. The van der Waals surface area contributed by atoms with Gasteiger partial charge in [0.15, 0.2) is 0 Å². The Labute approximate surface area is 168 Å². The Hall–Kier alpha value is -1.27. The van der Waals surface area contributed by atoms with Crippen molar-refractivity contribution in [1.82, 2.24) is 0 Å². The summed E-state index contributed by atoms with van der Waals surface area (Å²) in [6, 6.07) is 9.99. The fraction of sp³-hybridized carbons (Fsp3) is 0.278. The quantitative estimate of drug-likeness (QED) is 0.567. The first kappa shape index (κ1) is 21.0. The van der Waals surface area contributed by atoms with Gasteiger partial charge in [-0.3, -0.25) is 9.10 Å². The molecule has 1 atom stereocenters. The molecule has 1 unspecified atom stereocenters. The van der Waals surface area contributed by atoms with Gasteiger partial charge in [-0.25, -0.2) is 8.42 Å². The van der Waals surface area contributed by atoms with Crippen LogP contribution in [-0.4, -0.2) is 19.7 Å². The fourth-order valence-electron chi connectivity index (χ4n) is 2.60. The zero-order valence-corrected chi connectivity index (χ0v) is 17.5. The van der Waals surface area contributed by atoms with Gasteiger partial charge in [0.05, 0.1) is 10.7 Å². The van der Waals surface area contributed by atoms with Crippen LogP contribution in [0.1, 0.15) is 32.3 Å². The number of benzene rings is 2. The molecule has 4 nitrogen and oxygen atoms in total. The Kier molecular flexibility index (Phi) is 6.61. The Morgan fingerprint density at radius 2 is 1.65 bits per heavy atom. The molecule has 0 amide bonds. The molecule has 0 N–H and O–H groups in total. The van der Waals surface area contributed by atoms with Gasteiger partial charge in [0.2, 0.25) is 5.24 Å². The molecule has 0 bridgehead atoms. The van der Waals surface area contributed by atoms with Gasteiger partial charge in [0.25, 0.3) is 10.0 Å². The van der Waals surface area contributed by atoms with Gasteiger partial charge >= 0.3 is 0 Å². The van der Waals surface area contributed by atoms with Gasteiger partial charge in [-0.2, -0.15) is 0 Å². The van der Waals surface area contributed by atoms with Crippen molar-refractivity contribution in [2.75, 3.05) is 4.31 Å². The van der Waals surface area contributed by atoms with Gasteiger partial charge in [0.1, 0.15) is 10.9 Å². The van der Waals surface area contributed by atoms with Gasteiger partial charge in [0, 0.05) is 5.02 Å². The van der Waals surface area contributed by atoms with Crippen molar-refractivity contribution in [3.63, 3.8) is 0 Å². The SMILES string of the molecule is CC(C)c1ccccc1N(C(C)C(=O)Cl)S(=O)(=O)c1cc(Cl)ccc1Cl. The Morgan fingerprint density at radius 3 is 2.23 bits per heavy atom. The van der Waals surface area contributed by atoms with Crippen molar-refractivity contribution >= 4 is 55.8 Å². The summed E-state index contributed by atoms with van der Waals surface area (Å²) in [5, 5.41) is -0.573. The number of rotatable bonds is 6. The van der Waals surface area contributed by atoms with E-state index in [1.807, 2.05) is 26.0 Å². The van der Waals surface area contributed by atoms with Crippen molar-refractivity contribution < 1.29 is 13.2 Å². The number of nitrogens with zero attached hydrogens (tertiary/aromatic N) is 1. The lowest BCUT2D eigenvalue weighted by Gasteiger charge is -2.31. The molecule has 2 aromatic carbocycles. The highest BCUT2D eigenvalue weighted by Crippen LogP contribution is 2.36. The van der Waals surface area contributed by atoms with Crippen LogP contribution < -0.4 is 4.31 Å². The van der Waals surface area contributed by atoms with Crippen LogP contribution in [0.15, 0.2) is 47.4 Å². The van der Waals surface area contributed by atoms with Crippen LogP contribution >= 0.6 is 34.8 Å². The topological polar surface area (TPSA) is 54.5 Å². The smallest absolute Gasteiger partial charge is 0.266 e. The molecule has 0 aliphatic heterocycles. The summed E-state index contributed by atoms with van der Waals surface area (Å²) in [6.07, 6.45) is 0. The number of halogens is 3. The highest BCUT2D eigenvalue weighted by atomic mass is 35.5. The summed E-state index contributed by atoms with van der Waals surface area (Å²) >= 11 is 17.7. The van der Waals surface area contributed by atoms with Crippen LogP contribution in [0.5, 0.6) is 0 Å². The van der Waals surface area contributed by atoms with E-state index in [1.54, 1.807) is 12.1 Å². The third-order valence-electron chi connectivity index (χ3n) is 3.91. The lowest BCUT2D eigenvalue weighted by atomic mass is 10.0. The number of para-hydroxylation sites is 1. The molecule has 0 saturated carbocycles. The van der Waals surface area contributed by atoms with E-state index >= 15 is 0 Å². The fourth-order valence-corrected chi connectivity index (χ4v) is 5.14. The third-order valence-corrected chi connectivity index (χ3v) is 6.82. The number of carbonyl (C=O) groups excluding carboxylic acids is 1. The Balaban J connectivity index is 2.78. The molecule has 26 heavy (non-hydrogen) atoms. The van der Waals surface area contributed by atoms with Crippen molar-refractivity contribution in [3.05, 3.63) is 58.1 Å². The molecule has 0 spiro atoms. The van der Waals surface area contributed by atoms with Gasteiger partial charge in [-0.15, -0.1) is 0 Å². The van der Waals surface area contributed by atoms with Crippen LogP contribution in [0.3, 0.4) is 0 Å². The van der Waals surface area contributed by atoms with E-state index in [0.717, 1.165) is 9.87 Å². The van der Waals surface area contributed by atoms with Gasteiger partial charge in [-0.05, 0) is 54.3 Å². The zero-order chi connectivity index (χ0) is 19.6. The molecular weight excluding hydrogens is 417 g/mol. The second-order valence-corrected chi connectivity index (χ2v) is 9.07.